The molecule has 116 valence electrons. The molecule has 4 nitrogen and oxygen atoms in total. The second-order valence-corrected chi connectivity index (χ2v) is 5.92. The molecule has 2 atom stereocenters. The van der Waals surface area contributed by atoms with Gasteiger partial charge in [-0.25, -0.2) is 5.84 Å². The van der Waals surface area contributed by atoms with Gasteiger partial charge in [0, 0.05) is 16.8 Å². The van der Waals surface area contributed by atoms with Crippen LogP contribution in [0, 0.1) is 0 Å². The zero-order valence-electron chi connectivity index (χ0n) is 12.0. The molecule has 0 saturated carbocycles. The number of hydrazine groups is 1. The van der Waals surface area contributed by atoms with Crippen molar-refractivity contribution in [2.24, 2.45) is 5.84 Å². The topological polar surface area (TPSA) is 47.7 Å². The van der Waals surface area contributed by atoms with Crippen LogP contribution in [0.1, 0.15) is 25.3 Å². The number of benzene rings is 1. The number of nitrogens with zero attached hydrogens (tertiary/aromatic N) is 1. The van der Waals surface area contributed by atoms with E-state index in [2.05, 4.69) is 13.5 Å². The van der Waals surface area contributed by atoms with Crippen LogP contribution in [0.5, 0.6) is 0 Å². The van der Waals surface area contributed by atoms with E-state index in [4.69, 9.17) is 38.5 Å². The molecule has 1 heterocycles. The number of hydrogen-bond donors (Lipinski definition) is 1. The molecular formula is C15H20Cl2N2O2. The third-order valence-electron chi connectivity index (χ3n) is 3.44. The van der Waals surface area contributed by atoms with Crippen LogP contribution in [0.2, 0.25) is 10.0 Å². The fourth-order valence-electron chi connectivity index (χ4n) is 2.44. The highest BCUT2D eigenvalue weighted by Crippen LogP contribution is 2.40. The van der Waals surface area contributed by atoms with Crippen LogP contribution in [0.15, 0.2) is 31.0 Å². The molecule has 21 heavy (non-hydrogen) atoms. The van der Waals surface area contributed by atoms with Crippen LogP contribution in [-0.4, -0.2) is 24.3 Å². The monoisotopic (exact) mass is 330 g/mol. The van der Waals surface area contributed by atoms with Gasteiger partial charge in [0.1, 0.15) is 0 Å². The zero-order valence-corrected chi connectivity index (χ0v) is 13.5. The van der Waals surface area contributed by atoms with Gasteiger partial charge in [-0.3, -0.25) is 0 Å². The second kappa shape index (κ2) is 6.99. The third-order valence-corrected chi connectivity index (χ3v) is 3.98. The Hall–Kier alpha value is -0.780. The molecule has 6 heteroatoms. The van der Waals surface area contributed by atoms with Crippen molar-refractivity contribution in [2.75, 3.05) is 13.2 Å². The summed E-state index contributed by atoms with van der Waals surface area (Å²) in [5, 5.41) is 2.49. The van der Waals surface area contributed by atoms with Crippen LogP contribution < -0.4 is 5.84 Å². The first kappa shape index (κ1) is 16.6. The van der Waals surface area contributed by atoms with Gasteiger partial charge in [-0.05, 0) is 18.6 Å². The molecule has 2 unspecified atom stereocenters. The standard InChI is InChI=1S/C15H20Cl2N2O2/c1-3-5-12-9-20-15(21-12,10-19(18)4-2)13-7-6-11(16)8-14(13)17/h4,6-8,12H,2-3,5,9-10,18H2,1H3. The summed E-state index contributed by atoms with van der Waals surface area (Å²) in [6.45, 7) is 6.58. The molecule has 0 bridgehead atoms. The Morgan fingerprint density at radius 3 is 2.90 bits per heavy atom. The average Bonchev–Trinajstić information content (AvgIpc) is 2.83. The quantitative estimate of drug-likeness (QED) is 0.638. The Balaban J connectivity index is 2.34. The van der Waals surface area contributed by atoms with Crippen LogP contribution in [0.25, 0.3) is 0 Å². The van der Waals surface area contributed by atoms with Crippen molar-refractivity contribution in [3.63, 3.8) is 0 Å². The molecule has 0 amide bonds. The lowest BCUT2D eigenvalue weighted by Gasteiger charge is -2.32. The van der Waals surface area contributed by atoms with Crippen molar-refractivity contribution in [3.05, 3.63) is 46.6 Å². The minimum absolute atomic E-state index is 0.0277. The lowest BCUT2D eigenvalue weighted by Crippen LogP contribution is -2.43. The van der Waals surface area contributed by atoms with Gasteiger partial charge < -0.3 is 14.5 Å². The van der Waals surface area contributed by atoms with E-state index in [9.17, 15) is 0 Å². The maximum Gasteiger partial charge on any atom is 0.216 e. The lowest BCUT2D eigenvalue weighted by molar-refractivity contribution is -0.186. The Labute approximate surface area is 135 Å². The number of hydrogen-bond acceptors (Lipinski definition) is 4. The predicted octanol–water partition coefficient (Wildman–Crippen LogP) is 3.68. The Morgan fingerprint density at radius 2 is 2.29 bits per heavy atom. The summed E-state index contributed by atoms with van der Waals surface area (Å²) in [5.74, 6) is 4.87. The van der Waals surface area contributed by atoms with Crippen LogP contribution >= 0.6 is 23.2 Å². The molecule has 1 aliphatic rings. The van der Waals surface area contributed by atoms with E-state index in [1.807, 2.05) is 6.07 Å². The zero-order chi connectivity index (χ0) is 15.5. The molecule has 1 aliphatic heterocycles. The van der Waals surface area contributed by atoms with Gasteiger partial charge in [-0.1, -0.05) is 49.2 Å². The fourth-order valence-corrected chi connectivity index (χ4v) is 2.99. The molecule has 0 aliphatic carbocycles. The Morgan fingerprint density at radius 1 is 1.52 bits per heavy atom. The van der Waals surface area contributed by atoms with Crippen molar-refractivity contribution in [1.29, 1.82) is 0 Å². The number of nitrogens with two attached hydrogens (primary N) is 1. The largest absolute Gasteiger partial charge is 0.342 e. The molecule has 0 radical (unpaired) electrons. The van der Waals surface area contributed by atoms with Gasteiger partial charge in [0.05, 0.1) is 24.3 Å². The minimum atomic E-state index is -0.996. The summed E-state index contributed by atoms with van der Waals surface area (Å²) < 4.78 is 12.1. The summed E-state index contributed by atoms with van der Waals surface area (Å²) in [7, 11) is 0. The average molecular weight is 331 g/mol. The summed E-state index contributed by atoms with van der Waals surface area (Å²) >= 11 is 12.3. The maximum absolute atomic E-state index is 6.32. The number of rotatable bonds is 6. The summed E-state index contributed by atoms with van der Waals surface area (Å²) in [5.41, 5.74) is 0.726. The predicted molar refractivity (Wildman–Crippen MR) is 85.0 cm³/mol. The van der Waals surface area contributed by atoms with E-state index in [-0.39, 0.29) is 6.10 Å². The van der Waals surface area contributed by atoms with E-state index in [0.717, 1.165) is 18.4 Å². The molecular weight excluding hydrogens is 311 g/mol. The normalized spacial score (nSPS) is 25.0. The number of ether oxygens (including phenoxy) is 2. The highest BCUT2D eigenvalue weighted by Gasteiger charge is 2.45. The molecule has 0 spiro atoms. The Kier molecular flexibility index (Phi) is 5.52. The van der Waals surface area contributed by atoms with Crippen molar-refractivity contribution in [3.8, 4) is 0 Å². The van der Waals surface area contributed by atoms with E-state index in [0.29, 0.717) is 23.2 Å². The third kappa shape index (κ3) is 3.71. The van der Waals surface area contributed by atoms with Gasteiger partial charge >= 0.3 is 0 Å². The van der Waals surface area contributed by atoms with E-state index < -0.39 is 5.79 Å². The molecule has 1 saturated heterocycles. The van der Waals surface area contributed by atoms with Crippen LogP contribution in [0.4, 0.5) is 0 Å². The SMILES string of the molecule is C=CN(N)CC1(c2ccc(Cl)cc2Cl)OCC(CCC)O1. The van der Waals surface area contributed by atoms with Crippen molar-refractivity contribution in [1.82, 2.24) is 5.01 Å². The molecule has 1 aromatic carbocycles. The van der Waals surface area contributed by atoms with E-state index in [1.54, 1.807) is 12.1 Å². The summed E-state index contributed by atoms with van der Waals surface area (Å²) in [4.78, 5) is 0. The van der Waals surface area contributed by atoms with Crippen molar-refractivity contribution in [2.45, 2.75) is 31.7 Å². The lowest BCUT2D eigenvalue weighted by atomic mass is 10.1. The first-order valence-corrected chi connectivity index (χ1v) is 7.67. The molecule has 0 aromatic heterocycles. The first-order chi connectivity index (χ1) is 10.0. The van der Waals surface area contributed by atoms with Crippen LogP contribution in [0.3, 0.4) is 0 Å². The maximum atomic E-state index is 6.32. The van der Waals surface area contributed by atoms with Gasteiger partial charge in [0.25, 0.3) is 0 Å². The van der Waals surface area contributed by atoms with Gasteiger partial charge in [-0.2, -0.15) is 0 Å². The summed E-state index contributed by atoms with van der Waals surface area (Å²) in [6.07, 6.45) is 3.49. The molecule has 2 N–H and O–H groups in total. The first-order valence-electron chi connectivity index (χ1n) is 6.92. The fraction of sp³-hybridized carbons (Fsp3) is 0.467. The van der Waals surface area contributed by atoms with Gasteiger partial charge in [-0.15, -0.1) is 0 Å². The van der Waals surface area contributed by atoms with Gasteiger partial charge in [0.2, 0.25) is 5.79 Å². The number of halogens is 2. The van der Waals surface area contributed by atoms with Crippen molar-refractivity contribution >= 4 is 23.2 Å². The highest BCUT2D eigenvalue weighted by molar-refractivity contribution is 6.35. The minimum Gasteiger partial charge on any atom is -0.342 e. The smallest absolute Gasteiger partial charge is 0.216 e. The van der Waals surface area contributed by atoms with E-state index in [1.165, 1.54) is 11.2 Å². The van der Waals surface area contributed by atoms with Crippen molar-refractivity contribution < 1.29 is 9.47 Å². The molecule has 1 fully saturated rings. The highest BCUT2D eigenvalue weighted by atomic mass is 35.5. The second-order valence-electron chi connectivity index (χ2n) is 5.07. The van der Waals surface area contributed by atoms with Crippen LogP contribution in [-0.2, 0) is 15.3 Å². The Bertz CT molecular complexity index is 512. The van der Waals surface area contributed by atoms with Gasteiger partial charge in [0.15, 0.2) is 0 Å². The van der Waals surface area contributed by atoms with E-state index >= 15 is 0 Å². The molecule has 2 rings (SSSR count). The summed E-state index contributed by atoms with van der Waals surface area (Å²) in [6, 6.07) is 5.25. The molecule has 1 aromatic rings.